The lowest BCUT2D eigenvalue weighted by molar-refractivity contribution is -0.137. The first-order valence-electron chi connectivity index (χ1n) is 12.0. The third-order valence-electron chi connectivity index (χ3n) is 6.11. The van der Waals surface area contributed by atoms with Crippen LogP contribution in [-0.2, 0) is 4.79 Å². The molecule has 1 amide bonds. The molecule has 0 fully saturated rings. The summed E-state index contributed by atoms with van der Waals surface area (Å²) in [5.74, 6) is -3.01. The minimum atomic E-state index is -1.09. The van der Waals surface area contributed by atoms with Crippen LogP contribution in [0.25, 0.3) is 0 Å². The van der Waals surface area contributed by atoms with Crippen molar-refractivity contribution in [2.45, 2.75) is 31.7 Å². The number of halogens is 2. The molecule has 0 spiro atoms. The Bertz CT molecular complexity index is 1310. The van der Waals surface area contributed by atoms with Gasteiger partial charge in [0.05, 0.1) is 12.5 Å². The predicted molar refractivity (Wildman–Crippen MR) is 138 cm³/mol. The number of nitrogens with one attached hydrogen (secondary N) is 3. The van der Waals surface area contributed by atoms with E-state index < -0.39 is 29.6 Å². The number of rotatable bonds is 8. The number of aliphatic carboxylic acids is 1. The summed E-state index contributed by atoms with van der Waals surface area (Å²) in [4.78, 5) is 28.9. The van der Waals surface area contributed by atoms with Crippen molar-refractivity contribution < 1.29 is 23.5 Å². The minimum absolute atomic E-state index is 0.232. The van der Waals surface area contributed by atoms with Crippen molar-refractivity contribution in [3.63, 3.8) is 0 Å². The highest BCUT2D eigenvalue weighted by Gasteiger charge is 2.21. The zero-order chi connectivity index (χ0) is 26.4. The zero-order valence-corrected chi connectivity index (χ0v) is 20.3. The number of carbonyl (C=O) groups is 2. The number of guanidine groups is 1. The number of anilines is 1. The van der Waals surface area contributed by atoms with Gasteiger partial charge >= 0.3 is 5.97 Å². The number of carboxylic acid groups (broad SMARTS) is 1. The molecule has 0 saturated heterocycles. The van der Waals surface area contributed by atoms with E-state index in [0.717, 1.165) is 49.0 Å². The van der Waals surface area contributed by atoms with Gasteiger partial charge in [-0.3, -0.25) is 14.6 Å². The fraction of sp³-hybridized carbons (Fsp3) is 0.250. The molecule has 0 aromatic heterocycles. The van der Waals surface area contributed by atoms with Crippen molar-refractivity contribution in [3.05, 3.63) is 101 Å². The van der Waals surface area contributed by atoms with E-state index in [-0.39, 0.29) is 17.9 Å². The molecular weight excluding hydrogens is 478 g/mol. The molecule has 0 saturated carbocycles. The highest BCUT2D eigenvalue weighted by atomic mass is 19.1. The van der Waals surface area contributed by atoms with E-state index in [0.29, 0.717) is 17.1 Å². The van der Waals surface area contributed by atoms with Crippen LogP contribution in [0.4, 0.5) is 14.5 Å². The van der Waals surface area contributed by atoms with E-state index in [2.05, 4.69) is 20.9 Å². The van der Waals surface area contributed by atoms with Crippen LogP contribution in [0.15, 0.2) is 71.7 Å². The first-order chi connectivity index (χ1) is 17.8. The normalized spacial score (nSPS) is 14.6. The van der Waals surface area contributed by atoms with Gasteiger partial charge in [0.25, 0.3) is 5.91 Å². The maximum absolute atomic E-state index is 13.9. The van der Waals surface area contributed by atoms with Gasteiger partial charge in [-0.25, -0.2) is 8.78 Å². The molecule has 2 unspecified atom stereocenters. The number of aliphatic imine (C=N–C) groups is 1. The van der Waals surface area contributed by atoms with Gasteiger partial charge in [-0.2, -0.15) is 0 Å². The van der Waals surface area contributed by atoms with Crippen LogP contribution in [0.2, 0.25) is 0 Å². The Morgan fingerprint density at radius 2 is 1.73 bits per heavy atom. The van der Waals surface area contributed by atoms with Crippen LogP contribution in [0.5, 0.6) is 0 Å². The Labute approximate surface area is 213 Å². The van der Waals surface area contributed by atoms with Gasteiger partial charge in [-0.1, -0.05) is 30.3 Å². The molecule has 0 radical (unpaired) electrons. The summed E-state index contributed by atoms with van der Waals surface area (Å²) in [7, 11) is 0. The van der Waals surface area contributed by atoms with Crippen LogP contribution in [-0.4, -0.2) is 36.0 Å². The second-order valence-corrected chi connectivity index (χ2v) is 8.93. The molecule has 3 aromatic carbocycles. The van der Waals surface area contributed by atoms with E-state index in [4.69, 9.17) is 0 Å². The molecule has 1 aliphatic rings. The topological polar surface area (TPSA) is 103 Å². The van der Waals surface area contributed by atoms with Gasteiger partial charge in [0.15, 0.2) is 5.96 Å². The van der Waals surface area contributed by atoms with Crippen LogP contribution < -0.4 is 16.0 Å². The molecule has 3 aromatic rings. The average molecular weight is 507 g/mol. The molecule has 2 atom stereocenters. The highest BCUT2D eigenvalue weighted by molar-refractivity contribution is 5.98. The van der Waals surface area contributed by atoms with Crippen molar-refractivity contribution in [2.24, 2.45) is 4.99 Å². The van der Waals surface area contributed by atoms with Gasteiger partial charge in [0.2, 0.25) is 0 Å². The van der Waals surface area contributed by atoms with Crippen molar-refractivity contribution in [1.82, 2.24) is 10.6 Å². The molecule has 9 heteroatoms. The Morgan fingerprint density at radius 1 is 1.00 bits per heavy atom. The molecule has 192 valence electrons. The van der Waals surface area contributed by atoms with Gasteiger partial charge in [0, 0.05) is 36.3 Å². The van der Waals surface area contributed by atoms with E-state index in [9.17, 15) is 23.5 Å². The summed E-state index contributed by atoms with van der Waals surface area (Å²) in [5.41, 5.74) is 2.74. The van der Waals surface area contributed by atoms with Crippen LogP contribution in [0, 0.1) is 11.6 Å². The largest absolute Gasteiger partial charge is 0.481 e. The quantitative estimate of drug-likeness (QED) is 0.351. The van der Waals surface area contributed by atoms with Crippen molar-refractivity contribution in [1.29, 1.82) is 0 Å². The fourth-order valence-corrected chi connectivity index (χ4v) is 4.28. The molecule has 0 bridgehead atoms. The standard InChI is InChI=1S/C28H28F2N4O3/c1-17(33-27(37)20-7-3-8-24(14-20)34-28-31-9-4-10-32-28)18-5-2-6-19(11-18)25(16-26(35)36)21-12-22(29)15-23(30)13-21/h2-3,5-8,11-15,17,25H,4,9-10,16H2,1H3,(H,33,37)(H,35,36)(H2,31,32,34). The van der Waals surface area contributed by atoms with Crippen LogP contribution in [0.1, 0.15) is 58.8 Å². The molecule has 0 aliphatic carbocycles. The molecule has 1 aliphatic heterocycles. The number of benzene rings is 3. The average Bonchev–Trinajstić information content (AvgIpc) is 2.87. The Morgan fingerprint density at radius 3 is 2.43 bits per heavy atom. The summed E-state index contributed by atoms with van der Waals surface area (Å²) >= 11 is 0. The Kier molecular flexibility index (Phi) is 8.12. The number of carboxylic acids is 1. The van der Waals surface area contributed by atoms with Gasteiger partial charge in [-0.15, -0.1) is 0 Å². The first kappa shape index (κ1) is 25.8. The first-order valence-corrected chi connectivity index (χ1v) is 12.0. The van der Waals surface area contributed by atoms with E-state index >= 15 is 0 Å². The zero-order valence-electron chi connectivity index (χ0n) is 20.3. The van der Waals surface area contributed by atoms with Crippen LogP contribution >= 0.6 is 0 Å². The third-order valence-corrected chi connectivity index (χ3v) is 6.11. The smallest absolute Gasteiger partial charge is 0.304 e. The number of amides is 1. The molecule has 7 nitrogen and oxygen atoms in total. The van der Waals surface area contributed by atoms with Gasteiger partial charge < -0.3 is 21.1 Å². The van der Waals surface area contributed by atoms with Crippen molar-refractivity contribution in [2.75, 3.05) is 18.4 Å². The monoisotopic (exact) mass is 506 g/mol. The second-order valence-electron chi connectivity index (χ2n) is 8.93. The minimum Gasteiger partial charge on any atom is -0.481 e. The van der Waals surface area contributed by atoms with E-state index in [1.807, 2.05) is 19.1 Å². The van der Waals surface area contributed by atoms with E-state index in [1.54, 1.807) is 36.4 Å². The lowest BCUT2D eigenvalue weighted by atomic mass is 9.87. The number of carbonyl (C=O) groups excluding carboxylic acids is 1. The number of nitrogens with zero attached hydrogens (tertiary/aromatic N) is 1. The van der Waals surface area contributed by atoms with Crippen LogP contribution in [0.3, 0.4) is 0 Å². The third kappa shape index (κ3) is 6.91. The molecule has 37 heavy (non-hydrogen) atoms. The summed E-state index contributed by atoms with van der Waals surface area (Å²) < 4.78 is 27.7. The maximum Gasteiger partial charge on any atom is 0.304 e. The Balaban J connectivity index is 1.51. The molecular formula is C28H28F2N4O3. The maximum atomic E-state index is 13.9. The lowest BCUT2D eigenvalue weighted by Gasteiger charge is -2.20. The summed E-state index contributed by atoms with van der Waals surface area (Å²) in [6, 6.07) is 16.7. The summed E-state index contributed by atoms with van der Waals surface area (Å²) in [6.45, 7) is 3.39. The molecule has 4 rings (SSSR count). The highest BCUT2D eigenvalue weighted by Crippen LogP contribution is 2.31. The Hall–Kier alpha value is -4.27. The predicted octanol–water partition coefficient (Wildman–Crippen LogP) is 4.82. The number of hydrogen-bond acceptors (Lipinski definition) is 5. The SMILES string of the molecule is CC(NC(=O)c1cccc(NC2=NCCCN2)c1)c1cccc(C(CC(=O)O)c2cc(F)cc(F)c2)c1. The lowest BCUT2D eigenvalue weighted by Crippen LogP contribution is -2.35. The van der Waals surface area contributed by atoms with E-state index in [1.165, 1.54) is 0 Å². The van der Waals surface area contributed by atoms with Crippen molar-refractivity contribution in [3.8, 4) is 0 Å². The number of hydrogen-bond donors (Lipinski definition) is 4. The molecule has 1 heterocycles. The summed E-state index contributed by atoms with van der Waals surface area (Å²) in [6.07, 6.45) is 0.635. The fourth-order valence-electron chi connectivity index (χ4n) is 4.28. The van der Waals surface area contributed by atoms with Gasteiger partial charge in [-0.05, 0) is 60.4 Å². The second kappa shape index (κ2) is 11.6. The molecule has 4 N–H and O–H groups in total. The summed E-state index contributed by atoms with van der Waals surface area (Å²) in [5, 5.41) is 18.7. The van der Waals surface area contributed by atoms with Crippen molar-refractivity contribution >= 4 is 23.5 Å². The van der Waals surface area contributed by atoms with Gasteiger partial charge in [0.1, 0.15) is 11.6 Å².